The maximum atomic E-state index is 11.8. The van der Waals surface area contributed by atoms with Crippen molar-refractivity contribution in [2.45, 2.75) is 64.9 Å². The highest BCUT2D eigenvalue weighted by Crippen LogP contribution is 2.32. The van der Waals surface area contributed by atoms with Crippen LogP contribution in [0.2, 0.25) is 0 Å². The molecule has 0 radical (unpaired) electrons. The normalized spacial score (nSPS) is 23.2. The number of carbonyl (C=O) groups excluding carboxylic acids is 2. The minimum atomic E-state index is -0.432. The van der Waals surface area contributed by atoms with Crippen molar-refractivity contribution in [1.82, 2.24) is 4.90 Å². The van der Waals surface area contributed by atoms with Crippen molar-refractivity contribution in [3.05, 3.63) is 0 Å². The summed E-state index contributed by atoms with van der Waals surface area (Å²) < 4.78 is 5.34. The third kappa shape index (κ3) is 6.40. The van der Waals surface area contributed by atoms with Gasteiger partial charge in [0, 0.05) is 20.0 Å². The third-order valence-electron chi connectivity index (χ3n) is 3.97. The molecule has 0 unspecified atom stereocenters. The second kappa shape index (κ2) is 7.65. The van der Waals surface area contributed by atoms with E-state index >= 15 is 0 Å². The molecule has 1 amide bonds. The number of ether oxygens (including phenoxy) is 1. The molecule has 0 aromatic carbocycles. The van der Waals surface area contributed by atoms with Crippen LogP contribution in [0.1, 0.15) is 59.3 Å². The molecule has 1 aliphatic rings. The zero-order valence-corrected chi connectivity index (χ0v) is 13.4. The van der Waals surface area contributed by atoms with E-state index in [4.69, 9.17) is 4.74 Å². The Kier molecular flexibility index (Phi) is 6.50. The van der Waals surface area contributed by atoms with Gasteiger partial charge in [-0.05, 0) is 51.9 Å². The van der Waals surface area contributed by atoms with E-state index in [1.165, 1.54) is 12.8 Å². The second-order valence-corrected chi connectivity index (χ2v) is 6.98. The molecule has 1 fully saturated rings. The Balaban J connectivity index is 2.23. The van der Waals surface area contributed by atoms with Gasteiger partial charge < -0.3 is 14.4 Å². The van der Waals surface area contributed by atoms with Crippen molar-refractivity contribution in [1.29, 1.82) is 0 Å². The highest BCUT2D eigenvalue weighted by molar-refractivity contribution is 5.67. The number of carbonyl (C=O) groups is 2. The van der Waals surface area contributed by atoms with Crippen molar-refractivity contribution < 1.29 is 14.3 Å². The third-order valence-corrected chi connectivity index (χ3v) is 3.97. The van der Waals surface area contributed by atoms with Crippen LogP contribution in [-0.2, 0) is 9.53 Å². The van der Waals surface area contributed by atoms with Gasteiger partial charge in [-0.2, -0.15) is 0 Å². The van der Waals surface area contributed by atoms with E-state index in [-0.39, 0.29) is 6.09 Å². The standard InChI is InChI=1S/C16H29NO3/c1-16(2,3)20-15(19)17(4)11-9-13-5-7-14(8-6-13)10-12-18/h12-14H,5-11H2,1-4H3. The smallest absolute Gasteiger partial charge is 0.410 e. The Bertz CT molecular complexity index is 314. The molecule has 4 nitrogen and oxygen atoms in total. The quantitative estimate of drug-likeness (QED) is 0.724. The number of hydrogen-bond acceptors (Lipinski definition) is 3. The highest BCUT2D eigenvalue weighted by atomic mass is 16.6. The fraction of sp³-hybridized carbons (Fsp3) is 0.875. The van der Waals surface area contributed by atoms with Crippen LogP contribution >= 0.6 is 0 Å². The molecule has 0 bridgehead atoms. The van der Waals surface area contributed by atoms with Crippen molar-refractivity contribution >= 4 is 12.4 Å². The first-order valence-electron chi connectivity index (χ1n) is 7.69. The molecule has 0 aromatic heterocycles. The Morgan fingerprint density at radius 1 is 1.20 bits per heavy atom. The largest absolute Gasteiger partial charge is 0.444 e. The van der Waals surface area contributed by atoms with Crippen molar-refractivity contribution in [3.8, 4) is 0 Å². The number of aldehydes is 1. The minimum absolute atomic E-state index is 0.243. The van der Waals surface area contributed by atoms with Crippen LogP contribution in [0.3, 0.4) is 0 Å². The fourth-order valence-electron chi connectivity index (χ4n) is 2.70. The Hall–Kier alpha value is -1.06. The first kappa shape index (κ1) is 17.0. The number of nitrogens with zero attached hydrogens (tertiary/aromatic N) is 1. The molecule has 0 saturated heterocycles. The van der Waals surface area contributed by atoms with Gasteiger partial charge in [0.15, 0.2) is 0 Å². The summed E-state index contributed by atoms with van der Waals surface area (Å²) >= 11 is 0. The van der Waals surface area contributed by atoms with Gasteiger partial charge in [-0.25, -0.2) is 4.79 Å². The topological polar surface area (TPSA) is 46.6 Å². The Labute approximate surface area is 122 Å². The van der Waals surface area contributed by atoms with Crippen LogP contribution in [0.5, 0.6) is 0 Å². The van der Waals surface area contributed by atoms with E-state index < -0.39 is 5.60 Å². The van der Waals surface area contributed by atoms with E-state index in [1.807, 2.05) is 20.8 Å². The van der Waals surface area contributed by atoms with Gasteiger partial charge in [0.1, 0.15) is 11.9 Å². The van der Waals surface area contributed by atoms with Crippen LogP contribution in [0.4, 0.5) is 4.79 Å². The zero-order chi connectivity index (χ0) is 15.2. The summed E-state index contributed by atoms with van der Waals surface area (Å²) in [6.45, 7) is 6.39. The lowest BCUT2D eigenvalue weighted by Gasteiger charge is -2.29. The molecule has 0 aliphatic heterocycles. The predicted molar refractivity (Wildman–Crippen MR) is 79.6 cm³/mol. The fourth-order valence-corrected chi connectivity index (χ4v) is 2.70. The molecule has 0 N–H and O–H groups in total. The van der Waals surface area contributed by atoms with Gasteiger partial charge in [0.25, 0.3) is 0 Å². The van der Waals surface area contributed by atoms with Crippen LogP contribution in [0, 0.1) is 11.8 Å². The van der Waals surface area contributed by atoms with Crippen LogP contribution in [-0.4, -0.2) is 36.5 Å². The Morgan fingerprint density at radius 2 is 1.75 bits per heavy atom. The lowest BCUT2D eigenvalue weighted by molar-refractivity contribution is -0.108. The van der Waals surface area contributed by atoms with Gasteiger partial charge >= 0.3 is 6.09 Å². The van der Waals surface area contributed by atoms with Gasteiger partial charge in [-0.3, -0.25) is 0 Å². The molecule has 1 aliphatic carbocycles. The summed E-state index contributed by atoms with van der Waals surface area (Å²) in [6.07, 6.45) is 7.21. The van der Waals surface area contributed by atoms with Gasteiger partial charge in [-0.1, -0.05) is 12.8 Å². The SMILES string of the molecule is CN(CCC1CCC(CC=O)CC1)C(=O)OC(C)(C)C. The number of amides is 1. The monoisotopic (exact) mass is 283 g/mol. The molecule has 4 heteroatoms. The summed E-state index contributed by atoms with van der Waals surface area (Å²) in [5, 5.41) is 0. The van der Waals surface area contributed by atoms with Crippen molar-refractivity contribution in [2.75, 3.05) is 13.6 Å². The molecule has 116 valence electrons. The molecule has 0 heterocycles. The zero-order valence-electron chi connectivity index (χ0n) is 13.4. The van der Waals surface area contributed by atoms with Gasteiger partial charge in [-0.15, -0.1) is 0 Å². The summed E-state index contributed by atoms with van der Waals surface area (Å²) in [6, 6.07) is 0. The van der Waals surface area contributed by atoms with Crippen LogP contribution in [0.25, 0.3) is 0 Å². The molecule has 0 aromatic rings. The lowest BCUT2D eigenvalue weighted by atomic mass is 9.79. The second-order valence-electron chi connectivity index (χ2n) is 6.98. The van der Waals surface area contributed by atoms with Gasteiger partial charge in [0.05, 0.1) is 0 Å². The molecule has 1 rings (SSSR count). The van der Waals surface area contributed by atoms with Crippen LogP contribution < -0.4 is 0 Å². The van der Waals surface area contributed by atoms with E-state index in [2.05, 4.69) is 0 Å². The maximum Gasteiger partial charge on any atom is 0.410 e. The molecule has 0 spiro atoms. The average Bonchev–Trinajstić information content (AvgIpc) is 2.36. The molecule has 1 saturated carbocycles. The summed E-state index contributed by atoms with van der Waals surface area (Å²) in [4.78, 5) is 24.0. The first-order chi connectivity index (χ1) is 9.31. The van der Waals surface area contributed by atoms with Crippen molar-refractivity contribution in [3.63, 3.8) is 0 Å². The predicted octanol–water partition coefficient (Wildman–Crippen LogP) is 3.64. The average molecular weight is 283 g/mol. The summed E-state index contributed by atoms with van der Waals surface area (Å²) in [5.41, 5.74) is -0.432. The number of hydrogen-bond donors (Lipinski definition) is 0. The molecule has 20 heavy (non-hydrogen) atoms. The first-order valence-corrected chi connectivity index (χ1v) is 7.69. The molecule has 0 atom stereocenters. The highest BCUT2D eigenvalue weighted by Gasteiger charge is 2.23. The summed E-state index contributed by atoms with van der Waals surface area (Å²) in [7, 11) is 1.80. The molecular weight excluding hydrogens is 254 g/mol. The van der Waals surface area contributed by atoms with Crippen LogP contribution in [0.15, 0.2) is 0 Å². The van der Waals surface area contributed by atoms with E-state index in [9.17, 15) is 9.59 Å². The van der Waals surface area contributed by atoms with E-state index in [0.29, 0.717) is 18.3 Å². The Morgan fingerprint density at radius 3 is 2.25 bits per heavy atom. The minimum Gasteiger partial charge on any atom is -0.444 e. The molecular formula is C16H29NO3. The maximum absolute atomic E-state index is 11.8. The van der Waals surface area contributed by atoms with E-state index in [0.717, 1.165) is 32.1 Å². The van der Waals surface area contributed by atoms with E-state index in [1.54, 1.807) is 11.9 Å². The van der Waals surface area contributed by atoms with Crippen molar-refractivity contribution in [2.24, 2.45) is 11.8 Å². The summed E-state index contributed by atoms with van der Waals surface area (Å²) in [5.74, 6) is 1.27. The number of rotatable bonds is 5. The lowest BCUT2D eigenvalue weighted by Crippen LogP contribution is -2.35. The van der Waals surface area contributed by atoms with Gasteiger partial charge in [0.2, 0.25) is 0 Å².